The molecule has 0 radical (unpaired) electrons. The van der Waals surface area contributed by atoms with Gasteiger partial charge in [0.25, 0.3) is 0 Å². The predicted octanol–water partition coefficient (Wildman–Crippen LogP) is 25.8. The van der Waals surface area contributed by atoms with Crippen LogP contribution in [0.15, 0.2) is 0 Å². The lowest BCUT2D eigenvalue weighted by molar-refractivity contribution is -0.167. The number of hydrogen-bond acceptors (Lipinski definition) is 6. The molecule has 1 atom stereocenters. The van der Waals surface area contributed by atoms with Crippen molar-refractivity contribution in [1.82, 2.24) is 0 Å². The third-order valence-corrected chi connectivity index (χ3v) is 17.6. The first-order chi connectivity index (χ1) is 40.0. The fourth-order valence-corrected chi connectivity index (χ4v) is 12.0. The number of ether oxygens (including phenoxy) is 3. The van der Waals surface area contributed by atoms with Gasteiger partial charge in [0, 0.05) is 19.3 Å². The van der Waals surface area contributed by atoms with E-state index in [0.29, 0.717) is 19.3 Å². The summed E-state index contributed by atoms with van der Waals surface area (Å²) in [6.07, 6.45) is 84.3. The van der Waals surface area contributed by atoms with Crippen molar-refractivity contribution in [2.45, 2.75) is 451 Å². The van der Waals surface area contributed by atoms with Crippen LogP contribution in [0.4, 0.5) is 0 Å². The van der Waals surface area contributed by atoms with Gasteiger partial charge in [0.15, 0.2) is 6.10 Å². The van der Waals surface area contributed by atoms with Gasteiger partial charge in [-0.25, -0.2) is 0 Å². The van der Waals surface area contributed by atoms with Crippen LogP contribution in [0.25, 0.3) is 0 Å². The Hall–Kier alpha value is -1.59. The second-order valence-corrected chi connectivity index (χ2v) is 25.9. The van der Waals surface area contributed by atoms with Gasteiger partial charge >= 0.3 is 17.9 Å². The maximum Gasteiger partial charge on any atom is 0.306 e. The Morgan fingerprint density at radius 3 is 0.494 bits per heavy atom. The Morgan fingerprint density at radius 1 is 0.198 bits per heavy atom. The van der Waals surface area contributed by atoms with Gasteiger partial charge in [-0.15, -0.1) is 0 Å². The van der Waals surface area contributed by atoms with E-state index in [1.807, 2.05) is 0 Å². The molecule has 0 spiro atoms. The minimum Gasteiger partial charge on any atom is -0.462 e. The SMILES string of the molecule is CCCCCCCCCCCCCCCCCCCCCCCCCCCCC(=O)OCC(COC(=O)CCCCCCCCCCCCCCCCCCC)OC(=O)CCCCCCCCCCCCCCCCCCCCCC. The van der Waals surface area contributed by atoms with E-state index in [0.717, 1.165) is 57.8 Å². The van der Waals surface area contributed by atoms with Crippen LogP contribution in [0.1, 0.15) is 445 Å². The standard InChI is InChI=1S/C75H146O6/c1-4-7-10-13-16-19-22-25-28-31-33-35-36-37-38-39-40-42-44-47-50-53-56-59-62-65-68-74(77)80-71-72(70-79-73(76)67-64-61-58-55-52-49-46-43-30-27-24-21-18-15-12-9-6-3)81-75(78)69-66-63-60-57-54-51-48-45-41-34-32-29-26-23-20-17-14-11-8-5-2/h72H,4-71H2,1-3H3. The Labute approximate surface area is 508 Å². The Kier molecular flexibility index (Phi) is 69.5. The maximum absolute atomic E-state index is 13.0. The summed E-state index contributed by atoms with van der Waals surface area (Å²) in [4.78, 5) is 38.5. The van der Waals surface area contributed by atoms with Crippen molar-refractivity contribution in [3.05, 3.63) is 0 Å². The molecule has 0 aromatic carbocycles. The van der Waals surface area contributed by atoms with Crippen molar-refractivity contribution in [2.24, 2.45) is 0 Å². The lowest BCUT2D eigenvalue weighted by atomic mass is 10.0. The van der Waals surface area contributed by atoms with Gasteiger partial charge in [0.2, 0.25) is 0 Å². The van der Waals surface area contributed by atoms with E-state index in [9.17, 15) is 14.4 Å². The molecule has 1 unspecified atom stereocenters. The van der Waals surface area contributed by atoms with Crippen LogP contribution in [-0.2, 0) is 28.6 Å². The van der Waals surface area contributed by atoms with Crippen LogP contribution in [0.2, 0.25) is 0 Å². The van der Waals surface area contributed by atoms with Crippen molar-refractivity contribution < 1.29 is 28.6 Å². The highest BCUT2D eigenvalue weighted by molar-refractivity contribution is 5.71. The summed E-state index contributed by atoms with van der Waals surface area (Å²) in [5.41, 5.74) is 0. The minimum absolute atomic E-state index is 0.0598. The Morgan fingerprint density at radius 2 is 0.333 bits per heavy atom. The fourth-order valence-electron chi connectivity index (χ4n) is 12.0. The normalized spacial score (nSPS) is 11.9. The molecule has 0 saturated carbocycles. The molecule has 0 rings (SSSR count). The quantitative estimate of drug-likeness (QED) is 0.0343. The predicted molar refractivity (Wildman–Crippen MR) is 354 cm³/mol. The summed E-state index contributed by atoms with van der Waals surface area (Å²) < 4.78 is 17.1. The maximum atomic E-state index is 13.0. The van der Waals surface area contributed by atoms with Gasteiger partial charge in [0.1, 0.15) is 13.2 Å². The summed E-state index contributed by atoms with van der Waals surface area (Å²) in [7, 11) is 0. The Balaban J connectivity index is 4.22. The molecule has 0 bridgehead atoms. The topological polar surface area (TPSA) is 78.9 Å². The molecule has 0 fully saturated rings. The van der Waals surface area contributed by atoms with E-state index in [1.54, 1.807) is 0 Å². The van der Waals surface area contributed by atoms with Crippen LogP contribution in [-0.4, -0.2) is 37.2 Å². The van der Waals surface area contributed by atoms with Crippen LogP contribution in [0.3, 0.4) is 0 Å². The summed E-state index contributed by atoms with van der Waals surface area (Å²) in [5, 5.41) is 0. The first kappa shape index (κ1) is 79.4. The van der Waals surface area contributed by atoms with Crippen molar-refractivity contribution in [3.8, 4) is 0 Å². The number of esters is 3. The van der Waals surface area contributed by atoms with Crippen LogP contribution >= 0.6 is 0 Å². The number of unbranched alkanes of at least 4 members (excludes halogenated alkanes) is 60. The van der Waals surface area contributed by atoms with Gasteiger partial charge in [0.05, 0.1) is 0 Å². The first-order valence-electron chi connectivity index (χ1n) is 37.5. The van der Waals surface area contributed by atoms with Crippen molar-refractivity contribution in [2.75, 3.05) is 13.2 Å². The molecule has 81 heavy (non-hydrogen) atoms. The zero-order valence-electron chi connectivity index (χ0n) is 55.6. The highest BCUT2D eigenvalue weighted by atomic mass is 16.6. The van der Waals surface area contributed by atoms with E-state index in [4.69, 9.17) is 14.2 Å². The minimum atomic E-state index is -0.764. The van der Waals surface area contributed by atoms with E-state index in [-0.39, 0.29) is 31.1 Å². The molecular weight excluding hydrogens is 997 g/mol. The summed E-state index contributed by atoms with van der Waals surface area (Å²) in [6.45, 7) is 6.76. The van der Waals surface area contributed by atoms with E-state index in [1.165, 1.54) is 347 Å². The van der Waals surface area contributed by atoms with E-state index in [2.05, 4.69) is 20.8 Å². The lowest BCUT2D eigenvalue weighted by Crippen LogP contribution is -2.30. The molecule has 0 aromatic rings. The van der Waals surface area contributed by atoms with Crippen LogP contribution < -0.4 is 0 Å². The zero-order valence-corrected chi connectivity index (χ0v) is 55.6. The third-order valence-electron chi connectivity index (χ3n) is 17.6. The molecule has 0 aliphatic carbocycles. The second-order valence-electron chi connectivity index (χ2n) is 25.9. The van der Waals surface area contributed by atoms with Crippen molar-refractivity contribution in [3.63, 3.8) is 0 Å². The van der Waals surface area contributed by atoms with Crippen molar-refractivity contribution in [1.29, 1.82) is 0 Å². The van der Waals surface area contributed by atoms with Crippen molar-refractivity contribution >= 4 is 17.9 Å². The number of rotatable bonds is 71. The molecular formula is C75H146O6. The second kappa shape index (κ2) is 70.9. The monoisotopic (exact) mass is 1140 g/mol. The van der Waals surface area contributed by atoms with Gasteiger partial charge in [-0.1, -0.05) is 406 Å². The number of carbonyl (C=O) groups excluding carboxylic acids is 3. The number of carbonyl (C=O) groups is 3. The summed E-state index contributed by atoms with van der Waals surface area (Å²) >= 11 is 0. The third kappa shape index (κ3) is 69.1. The van der Waals surface area contributed by atoms with Gasteiger partial charge in [-0.05, 0) is 19.3 Å². The molecule has 0 aliphatic heterocycles. The van der Waals surface area contributed by atoms with Crippen LogP contribution in [0, 0.1) is 0 Å². The van der Waals surface area contributed by atoms with Crippen LogP contribution in [0.5, 0.6) is 0 Å². The average Bonchev–Trinajstić information content (AvgIpc) is 3.47. The summed E-state index contributed by atoms with van der Waals surface area (Å²) in [5.74, 6) is -0.814. The molecule has 482 valence electrons. The fraction of sp³-hybridized carbons (Fsp3) is 0.960. The zero-order chi connectivity index (χ0) is 58.5. The molecule has 6 nitrogen and oxygen atoms in total. The molecule has 0 aromatic heterocycles. The van der Waals surface area contributed by atoms with E-state index >= 15 is 0 Å². The number of hydrogen-bond donors (Lipinski definition) is 0. The van der Waals surface area contributed by atoms with Gasteiger partial charge < -0.3 is 14.2 Å². The molecule has 0 N–H and O–H groups in total. The molecule has 0 saturated heterocycles. The smallest absolute Gasteiger partial charge is 0.306 e. The molecule has 6 heteroatoms. The molecule has 0 aliphatic rings. The summed E-state index contributed by atoms with van der Waals surface area (Å²) in [6, 6.07) is 0. The lowest BCUT2D eigenvalue weighted by Gasteiger charge is -2.18. The largest absolute Gasteiger partial charge is 0.462 e. The van der Waals surface area contributed by atoms with Gasteiger partial charge in [-0.2, -0.15) is 0 Å². The highest BCUT2D eigenvalue weighted by Crippen LogP contribution is 2.20. The molecule has 0 amide bonds. The first-order valence-corrected chi connectivity index (χ1v) is 37.5. The highest BCUT2D eigenvalue weighted by Gasteiger charge is 2.20. The Bertz CT molecular complexity index is 1220. The van der Waals surface area contributed by atoms with E-state index < -0.39 is 6.10 Å². The van der Waals surface area contributed by atoms with Gasteiger partial charge in [-0.3, -0.25) is 14.4 Å². The molecule has 0 heterocycles. The average molecular weight is 1140 g/mol.